The van der Waals surface area contributed by atoms with Crippen LogP contribution in [0.25, 0.3) is 11.3 Å². The van der Waals surface area contributed by atoms with E-state index in [1.54, 1.807) is 0 Å². The highest BCUT2D eigenvalue weighted by atomic mass is 19.4. The number of aliphatic hydroxyl groups excluding tert-OH is 1. The highest BCUT2D eigenvalue weighted by Gasteiger charge is 2.56. The van der Waals surface area contributed by atoms with Gasteiger partial charge in [0.2, 0.25) is 5.60 Å². The van der Waals surface area contributed by atoms with E-state index in [0.29, 0.717) is 11.1 Å². The molecule has 0 spiro atoms. The van der Waals surface area contributed by atoms with E-state index >= 15 is 0 Å². The van der Waals surface area contributed by atoms with Crippen LogP contribution < -0.4 is 14.8 Å². The predicted octanol–water partition coefficient (Wildman–Crippen LogP) is 3.76. The van der Waals surface area contributed by atoms with Crippen molar-refractivity contribution >= 4 is 5.91 Å². The molecule has 1 atom stereocenters. The van der Waals surface area contributed by atoms with E-state index in [-0.39, 0.29) is 36.0 Å². The van der Waals surface area contributed by atoms with Crippen molar-refractivity contribution in [3.63, 3.8) is 0 Å². The summed E-state index contributed by atoms with van der Waals surface area (Å²) in [7, 11) is 1.31. The second-order valence-electron chi connectivity index (χ2n) is 7.90. The van der Waals surface area contributed by atoms with Crippen LogP contribution in [-0.4, -0.2) is 54.1 Å². The fourth-order valence-electron chi connectivity index (χ4n) is 3.38. The minimum absolute atomic E-state index is 0.0239. The lowest BCUT2D eigenvalue weighted by atomic mass is 9.95. The second-order valence-corrected chi connectivity index (χ2v) is 7.90. The van der Waals surface area contributed by atoms with Gasteiger partial charge < -0.3 is 25.0 Å². The number of amides is 1. The zero-order valence-corrected chi connectivity index (χ0v) is 19.4. The van der Waals surface area contributed by atoms with Crippen molar-refractivity contribution in [2.75, 3.05) is 26.9 Å². The Kier molecular flexibility index (Phi) is 8.16. The fourth-order valence-corrected chi connectivity index (χ4v) is 3.38. The molecular weight excluding hydrogens is 484 g/mol. The number of halogens is 4. The molecule has 0 bridgehead atoms. The average molecular weight is 508 g/mol. The summed E-state index contributed by atoms with van der Waals surface area (Å²) in [6.07, 6.45) is -5.19. The third kappa shape index (κ3) is 5.92. The van der Waals surface area contributed by atoms with E-state index < -0.39 is 35.7 Å². The van der Waals surface area contributed by atoms with Gasteiger partial charge >= 0.3 is 6.18 Å². The lowest BCUT2D eigenvalue weighted by Crippen LogP contribution is -2.51. The van der Waals surface area contributed by atoms with E-state index in [9.17, 15) is 27.5 Å². The highest BCUT2D eigenvalue weighted by Crippen LogP contribution is 2.39. The Balaban J connectivity index is 1.90. The van der Waals surface area contributed by atoms with Crippen LogP contribution in [0.3, 0.4) is 0 Å². The lowest BCUT2D eigenvalue weighted by Gasteiger charge is -2.30. The molecule has 0 aliphatic heterocycles. The second kappa shape index (κ2) is 10.9. The van der Waals surface area contributed by atoms with Crippen LogP contribution in [0.5, 0.6) is 11.5 Å². The molecule has 36 heavy (non-hydrogen) atoms. The fraction of sp³-hybridized carbons (Fsp3) is 0.280. The summed E-state index contributed by atoms with van der Waals surface area (Å²) >= 11 is 0. The number of carbonyl (C=O) groups excluding carboxylic acids is 1. The largest absolute Gasteiger partial charge is 0.493 e. The summed E-state index contributed by atoms with van der Waals surface area (Å²) in [6, 6.07) is 11.5. The number of nitrogens with zero attached hydrogens (tertiary/aromatic N) is 1. The van der Waals surface area contributed by atoms with Crippen LogP contribution in [0.1, 0.15) is 21.6 Å². The molecule has 0 fully saturated rings. The van der Waals surface area contributed by atoms with Gasteiger partial charge in [-0.1, -0.05) is 0 Å². The molecule has 3 N–H and O–H groups in total. The number of aromatic nitrogens is 1. The predicted molar refractivity (Wildman–Crippen MR) is 122 cm³/mol. The van der Waals surface area contributed by atoms with Gasteiger partial charge in [-0.2, -0.15) is 13.2 Å². The number of carbonyl (C=O) groups is 1. The molecule has 1 amide bonds. The zero-order chi connectivity index (χ0) is 26.5. The minimum Gasteiger partial charge on any atom is -0.493 e. The number of alkyl halides is 3. The van der Waals surface area contributed by atoms with Gasteiger partial charge in [-0.3, -0.25) is 4.79 Å². The van der Waals surface area contributed by atoms with E-state index in [2.05, 4.69) is 10.3 Å². The molecule has 0 aliphatic rings. The molecular formula is C25H24F4N2O5. The van der Waals surface area contributed by atoms with Crippen LogP contribution in [0.2, 0.25) is 0 Å². The lowest BCUT2D eigenvalue weighted by molar-refractivity contribution is -0.265. The number of aryl methyl sites for hydroxylation is 1. The molecule has 2 aromatic carbocycles. The van der Waals surface area contributed by atoms with Gasteiger partial charge in [-0.15, -0.1) is 0 Å². The first kappa shape index (κ1) is 26.9. The summed E-state index contributed by atoms with van der Waals surface area (Å²) < 4.78 is 66.0. The molecule has 0 saturated carbocycles. The van der Waals surface area contributed by atoms with E-state index in [1.165, 1.54) is 50.4 Å². The van der Waals surface area contributed by atoms with Crippen LogP contribution >= 0.6 is 0 Å². The van der Waals surface area contributed by atoms with Gasteiger partial charge in [-0.05, 0) is 67.1 Å². The zero-order valence-electron chi connectivity index (χ0n) is 19.4. The summed E-state index contributed by atoms with van der Waals surface area (Å²) in [5.41, 5.74) is -3.46. The van der Waals surface area contributed by atoms with Crippen LogP contribution in [0.4, 0.5) is 17.6 Å². The molecule has 7 nitrogen and oxygen atoms in total. The number of ether oxygens (including phenoxy) is 2. The van der Waals surface area contributed by atoms with E-state index in [4.69, 9.17) is 14.6 Å². The van der Waals surface area contributed by atoms with Gasteiger partial charge in [0.05, 0.1) is 31.6 Å². The number of nitrogens with one attached hydrogen (secondary N) is 1. The molecule has 1 aromatic heterocycles. The van der Waals surface area contributed by atoms with E-state index in [0.717, 1.165) is 18.2 Å². The Hall–Kier alpha value is -3.70. The average Bonchev–Trinajstić information content (AvgIpc) is 2.85. The van der Waals surface area contributed by atoms with Crippen molar-refractivity contribution in [2.45, 2.75) is 18.7 Å². The first-order chi connectivity index (χ1) is 17.0. The van der Waals surface area contributed by atoms with Gasteiger partial charge in [-0.25, -0.2) is 9.37 Å². The molecule has 0 saturated heterocycles. The topological polar surface area (TPSA) is 101 Å². The molecule has 1 heterocycles. The van der Waals surface area contributed by atoms with Crippen molar-refractivity contribution < 1.29 is 42.0 Å². The Labute approximate surface area is 204 Å². The molecule has 0 radical (unpaired) electrons. The number of rotatable bonds is 9. The Morgan fingerprint density at radius 1 is 1.06 bits per heavy atom. The molecule has 3 rings (SSSR count). The molecule has 1 unspecified atom stereocenters. The molecule has 11 heteroatoms. The van der Waals surface area contributed by atoms with Gasteiger partial charge in [0.1, 0.15) is 12.4 Å². The standard InChI is InChI=1S/C25H24F4N2O5/c1-15-11-19(16-3-6-18(26)7-4-16)31-22(12-15)24(34,25(27,28)29)14-30-23(33)17-5-8-20(36-10-9-32)21(13-17)35-2/h3-8,11-13,32,34H,9-10,14H2,1-2H3,(H,30,33). The highest BCUT2D eigenvalue weighted by molar-refractivity contribution is 5.95. The minimum atomic E-state index is -5.19. The maximum absolute atomic E-state index is 14.1. The Morgan fingerprint density at radius 3 is 2.36 bits per heavy atom. The summed E-state index contributed by atoms with van der Waals surface area (Å²) in [5, 5.41) is 21.8. The van der Waals surface area contributed by atoms with Crippen molar-refractivity contribution in [3.05, 3.63) is 77.2 Å². The number of aliphatic hydroxyl groups is 2. The first-order valence-corrected chi connectivity index (χ1v) is 10.7. The Morgan fingerprint density at radius 2 is 1.75 bits per heavy atom. The van der Waals surface area contributed by atoms with Crippen LogP contribution in [-0.2, 0) is 5.60 Å². The quantitative estimate of drug-likeness (QED) is 0.381. The Bertz CT molecular complexity index is 1220. The normalized spacial score (nSPS) is 13.1. The molecule has 0 aliphatic carbocycles. The molecule has 3 aromatic rings. The van der Waals surface area contributed by atoms with Crippen molar-refractivity contribution in [3.8, 4) is 22.8 Å². The van der Waals surface area contributed by atoms with Crippen molar-refractivity contribution in [1.29, 1.82) is 0 Å². The SMILES string of the molecule is COc1cc(C(=O)NCC(O)(c2cc(C)cc(-c3ccc(F)cc3)n2)C(F)(F)F)ccc1OCCO. The summed E-state index contributed by atoms with van der Waals surface area (Å²) in [4.78, 5) is 16.6. The van der Waals surface area contributed by atoms with Gasteiger partial charge in [0, 0.05) is 11.1 Å². The monoisotopic (exact) mass is 508 g/mol. The van der Waals surface area contributed by atoms with Crippen molar-refractivity contribution in [2.24, 2.45) is 0 Å². The van der Waals surface area contributed by atoms with Crippen LogP contribution in [0, 0.1) is 12.7 Å². The van der Waals surface area contributed by atoms with E-state index in [1.807, 2.05) is 0 Å². The smallest absolute Gasteiger partial charge is 0.424 e. The molecule has 192 valence electrons. The first-order valence-electron chi connectivity index (χ1n) is 10.7. The number of hydrogen-bond donors (Lipinski definition) is 3. The number of methoxy groups -OCH3 is 1. The number of benzene rings is 2. The summed E-state index contributed by atoms with van der Waals surface area (Å²) in [6.45, 7) is 0.0290. The number of pyridine rings is 1. The van der Waals surface area contributed by atoms with Gasteiger partial charge in [0.15, 0.2) is 11.5 Å². The van der Waals surface area contributed by atoms with Gasteiger partial charge in [0.25, 0.3) is 5.91 Å². The number of hydrogen-bond acceptors (Lipinski definition) is 6. The maximum Gasteiger partial charge on any atom is 0.424 e. The third-order valence-electron chi connectivity index (χ3n) is 5.28. The van der Waals surface area contributed by atoms with Crippen molar-refractivity contribution in [1.82, 2.24) is 10.3 Å². The maximum atomic E-state index is 14.1. The van der Waals surface area contributed by atoms with Crippen LogP contribution in [0.15, 0.2) is 54.6 Å². The third-order valence-corrected chi connectivity index (χ3v) is 5.28. The summed E-state index contributed by atoms with van der Waals surface area (Å²) in [5.74, 6) is -1.07.